The highest BCUT2D eigenvalue weighted by Crippen LogP contribution is 2.21. The van der Waals surface area contributed by atoms with Gasteiger partial charge < -0.3 is 15.2 Å². The van der Waals surface area contributed by atoms with Gasteiger partial charge in [0.05, 0.1) is 11.4 Å². The molecule has 2 N–H and O–H groups in total. The molecule has 0 aliphatic heterocycles. The van der Waals surface area contributed by atoms with E-state index in [2.05, 4.69) is 34.1 Å². The first kappa shape index (κ1) is 19.6. The molecule has 2 aromatic heterocycles. The number of pyridine rings is 1. The van der Waals surface area contributed by atoms with E-state index in [1.54, 1.807) is 4.68 Å². The molecule has 0 bridgehead atoms. The fraction of sp³-hybridized carbons (Fsp3) is 0.400. The number of likely N-dealkylation sites (N-methyl/N-ethyl adjacent to an activating group) is 1. The third-order valence-electron chi connectivity index (χ3n) is 4.83. The van der Waals surface area contributed by atoms with E-state index in [4.69, 9.17) is 11.6 Å². The lowest BCUT2D eigenvalue weighted by molar-refractivity contribution is 0.302. The van der Waals surface area contributed by atoms with Crippen molar-refractivity contribution in [2.45, 2.75) is 27.3 Å². The fourth-order valence-electron chi connectivity index (χ4n) is 3.16. The third kappa shape index (κ3) is 4.40. The molecule has 1 aromatic carbocycles. The van der Waals surface area contributed by atoms with Crippen LogP contribution in [0.5, 0.6) is 0 Å². The predicted molar refractivity (Wildman–Crippen MR) is 111 cm³/mol. The Hall–Kier alpha value is -2.15. The number of rotatable bonds is 8. The Bertz CT molecular complexity index is 957. The van der Waals surface area contributed by atoms with E-state index in [9.17, 15) is 4.79 Å². The third-order valence-corrected chi connectivity index (χ3v) is 5.09. The lowest BCUT2D eigenvalue weighted by Crippen LogP contribution is -2.32. The number of aromatic nitrogens is 3. The molecule has 0 atom stereocenters. The van der Waals surface area contributed by atoms with Gasteiger partial charge in [0.25, 0.3) is 5.56 Å². The van der Waals surface area contributed by atoms with E-state index in [-0.39, 0.29) is 5.56 Å². The normalized spacial score (nSPS) is 11.6. The van der Waals surface area contributed by atoms with E-state index in [1.165, 1.54) is 0 Å². The van der Waals surface area contributed by atoms with Crippen LogP contribution < -0.4 is 10.9 Å². The quantitative estimate of drug-likeness (QED) is 0.583. The zero-order chi connectivity index (χ0) is 19.4. The van der Waals surface area contributed by atoms with Crippen molar-refractivity contribution in [3.05, 3.63) is 57.0 Å². The van der Waals surface area contributed by atoms with Crippen LogP contribution in [0.4, 0.5) is 0 Å². The second kappa shape index (κ2) is 8.69. The predicted octanol–water partition coefficient (Wildman–Crippen LogP) is 3.11. The summed E-state index contributed by atoms with van der Waals surface area (Å²) in [5.74, 6) is 0. The van der Waals surface area contributed by atoms with Crippen molar-refractivity contribution in [2.75, 3.05) is 26.2 Å². The SMILES string of the molecule is CCN(CC)CCNCc1cc2c(C)nn(-c3ccc(Cl)cc3)c2[nH]c1=O. The number of aromatic amines is 1. The van der Waals surface area contributed by atoms with Crippen molar-refractivity contribution >= 4 is 22.6 Å². The van der Waals surface area contributed by atoms with Gasteiger partial charge in [-0.05, 0) is 50.3 Å². The number of H-pyrrole nitrogens is 1. The highest BCUT2D eigenvalue weighted by molar-refractivity contribution is 6.30. The summed E-state index contributed by atoms with van der Waals surface area (Å²) in [5, 5.41) is 9.57. The summed E-state index contributed by atoms with van der Waals surface area (Å²) in [6, 6.07) is 9.33. The number of halogens is 1. The molecule has 3 rings (SSSR count). The first-order valence-corrected chi connectivity index (χ1v) is 9.71. The van der Waals surface area contributed by atoms with Crippen LogP contribution in [0.3, 0.4) is 0 Å². The second-order valence-electron chi connectivity index (χ2n) is 6.56. The van der Waals surface area contributed by atoms with E-state index in [1.807, 2.05) is 37.3 Å². The number of aryl methyl sites for hydroxylation is 1. The summed E-state index contributed by atoms with van der Waals surface area (Å²) in [7, 11) is 0. The molecular weight excluding hydrogens is 362 g/mol. The van der Waals surface area contributed by atoms with Crippen molar-refractivity contribution in [1.29, 1.82) is 0 Å². The summed E-state index contributed by atoms with van der Waals surface area (Å²) in [6.45, 7) is 10.7. The minimum atomic E-state index is -0.0899. The molecule has 3 aromatic rings. The van der Waals surface area contributed by atoms with Crippen molar-refractivity contribution < 1.29 is 0 Å². The maximum Gasteiger partial charge on any atom is 0.254 e. The molecule has 0 fully saturated rings. The summed E-state index contributed by atoms with van der Waals surface area (Å²) in [5.41, 5.74) is 3.07. The van der Waals surface area contributed by atoms with Gasteiger partial charge >= 0.3 is 0 Å². The van der Waals surface area contributed by atoms with E-state index >= 15 is 0 Å². The monoisotopic (exact) mass is 387 g/mol. The van der Waals surface area contributed by atoms with Gasteiger partial charge in [0.15, 0.2) is 0 Å². The summed E-state index contributed by atoms with van der Waals surface area (Å²) in [6.07, 6.45) is 0. The summed E-state index contributed by atoms with van der Waals surface area (Å²) < 4.78 is 1.75. The Morgan fingerprint density at radius 1 is 1.22 bits per heavy atom. The van der Waals surface area contributed by atoms with Crippen LogP contribution in [0.1, 0.15) is 25.1 Å². The molecule has 6 nitrogen and oxygen atoms in total. The van der Waals surface area contributed by atoms with E-state index < -0.39 is 0 Å². The highest BCUT2D eigenvalue weighted by atomic mass is 35.5. The summed E-state index contributed by atoms with van der Waals surface area (Å²) in [4.78, 5) is 17.9. The van der Waals surface area contributed by atoms with Crippen molar-refractivity contribution in [3.63, 3.8) is 0 Å². The van der Waals surface area contributed by atoms with Gasteiger partial charge in [0.1, 0.15) is 5.65 Å². The Morgan fingerprint density at radius 3 is 2.59 bits per heavy atom. The number of hydrogen-bond donors (Lipinski definition) is 2. The van der Waals surface area contributed by atoms with Crippen LogP contribution in [0, 0.1) is 6.92 Å². The maximum absolute atomic E-state index is 12.6. The first-order chi connectivity index (χ1) is 13.0. The Balaban J connectivity index is 1.82. The number of nitrogens with zero attached hydrogens (tertiary/aromatic N) is 3. The Kier molecular flexibility index (Phi) is 6.31. The zero-order valence-corrected chi connectivity index (χ0v) is 16.8. The standard InChI is InChI=1S/C20H26ClN5O/c1-4-25(5-2)11-10-22-13-15-12-18-14(3)24-26(19(18)23-20(15)27)17-8-6-16(21)7-9-17/h6-9,12,22H,4-5,10-11,13H2,1-3H3,(H,23,27). The van der Waals surface area contributed by atoms with Crippen LogP contribution in [0.2, 0.25) is 5.02 Å². The maximum atomic E-state index is 12.6. The van der Waals surface area contributed by atoms with Gasteiger partial charge in [-0.3, -0.25) is 4.79 Å². The average Bonchev–Trinajstić information content (AvgIpc) is 2.98. The lowest BCUT2D eigenvalue weighted by atomic mass is 10.2. The molecular formula is C20H26ClN5O. The molecule has 2 heterocycles. The van der Waals surface area contributed by atoms with Crippen LogP contribution in [0.25, 0.3) is 16.7 Å². The molecule has 0 unspecified atom stereocenters. The number of fused-ring (bicyclic) bond motifs is 1. The number of benzene rings is 1. The van der Waals surface area contributed by atoms with Crippen LogP contribution in [-0.2, 0) is 6.54 Å². The van der Waals surface area contributed by atoms with Gasteiger partial charge in [-0.2, -0.15) is 5.10 Å². The zero-order valence-electron chi connectivity index (χ0n) is 16.1. The molecule has 0 aliphatic rings. The molecule has 27 heavy (non-hydrogen) atoms. The van der Waals surface area contributed by atoms with Crippen molar-refractivity contribution in [2.24, 2.45) is 0 Å². The van der Waals surface area contributed by atoms with Crippen molar-refractivity contribution in [3.8, 4) is 5.69 Å². The average molecular weight is 388 g/mol. The topological polar surface area (TPSA) is 66.0 Å². The van der Waals surface area contributed by atoms with E-state index in [0.29, 0.717) is 17.2 Å². The minimum absolute atomic E-state index is 0.0899. The molecule has 0 saturated heterocycles. The molecule has 0 saturated carbocycles. The van der Waals surface area contributed by atoms with Gasteiger partial charge in [0, 0.05) is 35.6 Å². The van der Waals surface area contributed by atoms with Crippen LogP contribution >= 0.6 is 11.6 Å². The van der Waals surface area contributed by atoms with Gasteiger partial charge in [0.2, 0.25) is 0 Å². The lowest BCUT2D eigenvalue weighted by Gasteiger charge is -2.17. The van der Waals surface area contributed by atoms with Crippen LogP contribution in [0.15, 0.2) is 35.1 Å². The van der Waals surface area contributed by atoms with Gasteiger partial charge in [-0.15, -0.1) is 0 Å². The Labute approximate surface area is 164 Å². The smallest absolute Gasteiger partial charge is 0.254 e. The highest BCUT2D eigenvalue weighted by Gasteiger charge is 2.13. The van der Waals surface area contributed by atoms with E-state index in [0.717, 1.165) is 48.5 Å². The fourth-order valence-corrected chi connectivity index (χ4v) is 3.29. The molecule has 0 amide bonds. The molecule has 7 heteroatoms. The number of nitrogens with one attached hydrogen (secondary N) is 2. The Morgan fingerprint density at radius 2 is 1.93 bits per heavy atom. The largest absolute Gasteiger partial charge is 0.311 e. The molecule has 0 aliphatic carbocycles. The molecule has 0 spiro atoms. The second-order valence-corrected chi connectivity index (χ2v) is 7.00. The summed E-state index contributed by atoms with van der Waals surface area (Å²) >= 11 is 5.97. The van der Waals surface area contributed by atoms with Crippen LogP contribution in [-0.4, -0.2) is 45.8 Å². The van der Waals surface area contributed by atoms with Crippen molar-refractivity contribution in [1.82, 2.24) is 25.0 Å². The minimum Gasteiger partial charge on any atom is -0.311 e. The molecule has 144 valence electrons. The van der Waals surface area contributed by atoms with Gasteiger partial charge in [-0.1, -0.05) is 25.4 Å². The molecule has 0 radical (unpaired) electrons. The van der Waals surface area contributed by atoms with Gasteiger partial charge in [-0.25, -0.2) is 4.68 Å². The number of hydrogen-bond acceptors (Lipinski definition) is 4. The first-order valence-electron chi connectivity index (χ1n) is 9.34.